The van der Waals surface area contributed by atoms with Crippen molar-refractivity contribution in [2.24, 2.45) is 0 Å². The Morgan fingerprint density at radius 2 is 1.91 bits per heavy atom. The molecule has 7 heteroatoms. The second kappa shape index (κ2) is 8.54. The van der Waals surface area contributed by atoms with Gasteiger partial charge in [0.15, 0.2) is 0 Å². The first-order valence-electron chi connectivity index (χ1n) is 6.82. The molecule has 0 fully saturated rings. The Morgan fingerprint density at radius 1 is 1.26 bits per heavy atom. The molecule has 0 aliphatic carbocycles. The number of carbonyl (C=O) groups excluding carboxylic acids is 2. The van der Waals surface area contributed by atoms with Crippen LogP contribution in [0, 0.1) is 18.2 Å². The van der Waals surface area contributed by atoms with E-state index < -0.39 is 35.7 Å². The fraction of sp³-hybridized carbons (Fsp3) is 0.312. The summed E-state index contributed by atoms with van der Waals surface area (Å²) < 4.78 is 13.7. The first kappa shape index (κ1) is 18.2. The molecule has 2 amide bonds. The number of rotatable bonds is 7. The Kier molecular flexibility index (Phi) is 6.74. The van der Waals surface area contributed by atoms with E-state index >= 15 is 0 Å². The molecule has 122 valence electrons. The molecular formula is C16H17FN2O4. The van der Waals surface area contributed by atoms with E-state index in [9.17, 15) is 18.8 Å². The summed E-state index contributed by atoms with van der Waals surface area (Å²) in [4.78, 5) is 34.5. The van der Waals surface area contributed by atoms with Gasteiger partial charge in [0, 0.05) is 19.8 Å². The predicted molar refractivity (Wildman–Crippen MR) is 80.7 cm³/mol. The molecule has 1 rings (SSSR count). The molecule has 0 bridgehead atoms. The van der Waals surface area contributed by atoms with Crippen molar-refractivity contribution in [3.05, 3.63) is 35.6 Å². The Hall–Kier alpha value is -2.88. The molecule has 0 aliphatic rings. The number of nitrogens with one attached hydrogen (secondary N) is 2. The van der Waals surface area contributed by atoms with Crippen molar-refractivity contribution >= 4 is 17.8 Å². The van der Waals surface area contributed by atoms with Crippen molar-refractivity contribution in [3.63, 3.8) is 0 Å². The standard InChI is InChI=1S/C16H17FN2O4/c1-3-6-13(16(22)23)19-15(21)14(18-10(2)20)9-11-7-4-5-8-12(11)17/h1,4-5,7-8,13-14H,6,9H2,2H3,(H,18,20)(H,19,21)(H,22,23)/t13-,14+/m0/s1. The molecule has 1 aromatic rings. The van der Waals surface area contributed by atoms with Gasteiger partial charge in [-0.25, -0.2) is 9.18 Å². The molecule has 2 atom stereocenters. The lowest BCUT2D eigenvalue weighted by Crippen LogP contribution is -2.52. The van der Waals surface area contributed by atoms with E-state index in [1.807, 2.05) is 0 Å². The van der Waals surface area contributed by atoms with E-state index in [0.29, 0.717) is 0 Å². The van der Waals surface area contributed by atoms with Crippen molar-refractivity contribution in [2.75, 3.05) is 0 Å². The molecule has 0 saturated carbocycles. The second-order valence-electron chi connectivity index (χ2n) is 4.86. The van der Waals surface area contributed by atoms with Crippen molar-refractivity contribution in [3.8, 4) is 12.3 Å². The van der Waals surface area contributed by atoms with Crippen LogP contribution < -0.4 is 10.6 Å². The smallest absolute Gasteiger partial charge is 0.327 e. The monoisotopic (exact) mass is 320 g/mol. The van der Waals surface area contributed by atoms with Crippen LogP contribution in [0.3, 0.4) is 0 Å². The topological polar surface area (TPSA) is 95.5 Å². The van der Waals surface area contributed by atoms with Crippen LogP contribution in [-0.4, -0.2) is 35.0 Å². The minimum absolute atomic E-state index is 0.111. The van der Waals surface area contributed by atoms with Gasteiger partial charge in [-0.2, -0.15) is 0 Å². The summed E-state index contributed by atoms with van der Waals surface area (Å²) >= 11 is 0. The highest BCUT2D eigenvalue weighted by atomic mass is 19.1. The lowest BCUT2D eigenvalue weighted by Gasteiger charge is -2.20. The Morgan fingerprint density at radius 3 is 2.43 bits per heavy atom. The number of amides is 2. The van der Waals surface area contributed by atoms with Crippen LogP contribution in [0.15, 0.2) is 24.3 Å². The number of hydrogen-bond donors (Lipinski definition) is 3. The lowest BCUT2D eigenvalue weighted by atomic mass is 10.0. The molecule has 0 saturated heterocycles. The van der Waals surface area contributed by atoms with Crippen LogP contribution in [0.25, 0.3) is 0 Å². The number of hydrogen-bond acceptors (Lipinski definition) is 3. The highest BCUT2D eigenvalue weighted by Gasteiger charge is 2.26. The molecule has 0 radical (unpaired) electrons. The highest BCUT2D eigenvalue weighted by Crippen LogP contribution is 2.10. The van der Waals surface area contributed by atoms with Gasteiger partial charge in [-0.05, 0) is 11.6 Å². The molecule has 6 nitrogen and oxygen atoms in total. The van der Waals surface area contributed by atoms with E-state index in [1.54, 1.807) is 6.07 Å². The molecular weight excluding hydrogens is 303 g/mol. The van der Waals surface area contributed by atoms with Gasteiger partial charge >= 0.3 is 5.97 Å². The summed E-state index contributed by atoms with van der Waals surface area (Å²) in [6.45, 7) is 1.21. The molecule has 0 unspecified atom stereocenters. The van der Waals surface area contributed by atoms with Crippen molar-refractivity contribution < 1.29 is 23.9 Å². The van der Waals surface area contributed by atoms with Crippen molar-refractivity contribution in [2.45, 2.75) is 31.8 Å². The Bertz CT molecular complexity index is 639. The summed E-state index contributed by atoms with van der Waals surface area (Å²) in [5.41, 5.74) is 0.227. The van der Waals surface area contributed by atoms with Crippen LogP contribution in [0.5, 0.6) is 0 Å². The fourth-order valence-electron chi connectivity index (χ4n) is 1.93. The molecule has 1 aromatic carbocycles. The van der Waals surface area contributed by atoms with Crippen molar-refractivity contribution in [1.29, 1.82) is 0 Å². The van der Waals surface area contributed by atoms with Gasteiger partial charge in [0.2, 0.25) is 11.8 Å². The van der Waals surface area contributed by atoms with Gasteiger partial charge in [0.25, 0.3) is 0 Å². The van der Waals surface area contributed by atoms with Crippen LogP contribution in [0.2, 0.25) is 0 Å². The second-order valence-corrected chi connectivity index (χ2v) is 4.86. The quantitative estimate of drug-likeness (QED) is 0.636. The number of terminal acetylenes is 1. The summed E-state index contributed by atoms with van der Waals surface area (Å²) in [5.74, 6) is -0.897. The maximum absolute atomic E-state index is 13.7. The van der Waals surface area contributed by atoms with Gasteiger partial charge in [-0.3, -0.25) is 9.59 Å². The van der Waals surface area contributed by atoms with Crippen LogP contribution >= 0.6 is 0 Å². The van der Waals surface area contributed by atoms with Gasteiger partial charge in [0.1, 0.15) is 17.9 Å². The largest absolute Gasteiger partial charge is 0.480 e. The predicted octanol–water partition coefficient (Wildman–Crippen LogP) is 0.466. The average molecular weight is 320 g/mol. The zero-order valence-electron chi connectivity index (χ0n) is 12.5. The maximum atomic E-state index is 13.7. The Labute approximate surface area is 133 Å². The van der Waals surface area contributed by atoms with E-state index in [4.69, 9.17) is 11.5 Å². The number of benzene rings is 1. The van der Waals surface area contributed by atoms with Gasteiger partial charge in [-0.15, -0.1) is 12.3 Å². The number of carboxylic acid groups (broad SMARTS) is 1. The van der Waals surface area contributed by atoms with Crippen molar-refractivity contribution in [1.82, 2.24) is 10.6 Å². The Balaban J connectivity index is 2.90. The highest BCUT2D eigenvalue weighted by molar-refractivity contribution is 5.90. The lowest BCUT2D eigenvalue weighted by molar-refractivity contribution is -0.142. The molecule has 0 heterocycles. The fourth-order valence-corrected chi connectivity index (χ4v) is 1.93. The molecule has 0 aromatic heterocycles. The summed E-state index contributed by atoms with van der Waals surface area (Å²) in [5, 5.41) is 13.6. The number of aliphatic carboxylic acids is 1. The molecule has 3 N–H and O–H groups in total. The van der Waals surface area contributed by atoms with Gasteiger partial charge in [-0.1, -0.05) is 18.2 Å². The van der Waals surface area contributed by atoms with Crippen LogP contribution in [0.4, 0.5) is 4.39 Å². The third kappa shape index (κ3) is 5.79. The maximum Gasteiger partial charge on any atom is 0.327 e. The van der Waals surface area contributed by atoms with Gasteiger partial charge < -0.3 is 15.7 Å². The van der Waals surface area contributed by atoms with Crippen LogP contribution in [0.1, 0.15) is 18.9 Å². The molecule has 0 aliphatic heterocycles. The summed E-state index contributed by atoms with van der Waals surface area (Å²) in [6.07, 6.45) is 4.75. The first-order chi connectivity index (χ1) is 10.8. The number of halogens is 1. The summed E-state index contributed by atoms with van der Waals surface area (Å²) in [6, 6.07) is 3.43. The van der Waals surface area contributed by atoms with Gasteiger partial charge in [0.05, 0.1) is 0 Å². The third-order valence-corrected chi connectivity index (χ3v) is 3.01. The van der Waals surface area contributed by atoms with E-state index in [-0.39, 0.29) is 18.4 Å². The summed E-state index contributed by atoms with van der Waals surface area (Å²) in [7, 11) is 0. The number of carboxylic acids is 1. The molecule has 23 heavy (non-hydrogen) atoms. The number of carbonyl (C=O) groups is 3. The minimum atomic E-state index is -1.29. The zero-order valence-corrected chi connectivity index (χ0v) is 12.5. The van der Waals surface area contributed by atoms with E-state index in [0.717, 1.165) is 0 Å². The minimum Gasteiger partial charge on any atom is -0.480 e. The first-order valence-corrected chi connectivity index (χ1v) is 6.82. The van der Waals surface area contributed by atoms with E-state index in [2.05, 4.69) is 16.6 Å². The zero-order chi connectivity index (χ0) is 17.4. The van der Waals surface area contributed by atoms with E-state index in [1.165, 1.54) is 25.1 Å². The third-order valence-electron chi connectivity index (χ3n) is 3.01. The SMILES string of the molecule is C#CC[C@H](NC(=O)[C@@H](Cc1ccccc1F)NC(C)=O)C(=O)O. The average Bonchev–Trinajstić information content (AvgIpc) is 2.47. The normalized spacial score (nSPS) is 12.6. The van der Waals surface area contributed by atoms with Crippen LogP contribution in [-0.2, 0) is 20.8 Å². The molecule has 0 spiro atoms.